The van der Waals surface area contributed by atoms with Gasteiger partial charge in [-0.2, -0.15) is 9.40 Å². The van der Waals surface area contributed by atoms with E-state index in [0.717, 1.165) is 29.3 Å². The normalized spacial score (nSPS) is 19.6. The zero-order valence-electron chi connectivity index (χ0n) is 16.6. The van der Waals surface area contributed by atoms with E-state index in [4.69, 9.17) is 0 Å². The van der Waals surface area contributed by atoms with Crippen LogP contribution < -0.4 is 5.32 Å². The van der Waals surface area contributed by atoms with Gasteiger partial charge in [0.15, 0.2) is 0 Å². The lowest BCUT2D eigenvalue weighted by atomic mass is 9.97. The Morgan fingerprint density at radius 1 is 1.17 bits per heavy atom. The van der Waals surface area contributed by atoms with Crippen molar-refractivity contribution in [3.63, 3.8) is 0 Å². The van der Waals surface area contributed by atoms with Gasteiger partial charge in [0.1, 0.15) is 22.3 Å². The van der Waals surface area contributed by atoms with E-state index >= 15 is 0 Å². The molecule has 1 atom stereocenters. The Balaban J connectivity index is 1.39. The number of halogens is 2. The quantitative estimate of drug-likeness (QED) is 0.751. The van der Waals surface area contributed by atoms with Crippen LogP contribution in [-0.4, -0.2) is 41.5 Å². The van der Waals surface area contributed by atoms with Crippen molar-refractivity contribution < 1.29 is 22.0 Å². The number of rotatable bonds is 6. The summed E-state index contributed by atoms with van der Waals surface area (Å²) in [4.78, 5) is 12.0. The largest absolute Gasteiger partial charge is 0.311 e. The molecule has 1 saturated heterocycles. The molecule has 1 aliphatic carbocycles. The van der Waals surface area contributed by atoms with Gasteiger partial charge in [-0.25, -0.2) is 21.9 Å². The van der Waals surface area contributed by atoms with Crippen molar-refractivity contribution >= 4 is 21.7 Å². The molecule has 1 N–H and O–H groups in total. The molecule has 2 aliphatic rings. The van der Waals surface area contributed by atoms with Gasteiger partial charge in [-0.1, -0.05) is 0 Å². The Morgan fingerprint density at radius 3 is 2.53 bits per heavy atom. The standard InChI is InChI=1S/C20H24F2N4O3S/c1-13(14-2-3-14)26-19(6-9-23-26)24-20(27)15-7-10-25(11-8-15)30(28,29)18-12-16(21)4-5-17(18)22/h4-6,9,12-15H,2-3,7-8,10-11H2,1H3,(H,24,27). The average Bonchev–Trinajstić information content (AvgIpc) is 3.48. The molecule has 30 heavy (non-hydrogen) atoms. The topological polar surface area (TPSA) is 84.3 Å². The number of amides is 1. The number of aromatic nitrogens is 2. The van der Waals surface area contributed by atoms with Crippen molar-refractivity contribution in [2.45, 2.75) is 43.5 Å². The number of carbonyl (C=O) groups is 1. The zero-order valence-corrected chi connectivity index (χ0v) is 17.4. The summed E-state index contributed by atoms with van der Waals surface area (Å²) >= 11 is 0. The molecule has 4 rings (SSSR count). The first kappa shape index (κ1) is 20.9. The van der Waals surface area contributed by atoms with Gasteiger partial charge < -0.3 is 5.32 Å². The van der Waals surface area contributed by atoms with Gasteiger partial charge in [-0.3, -0.25) is 4.79 Å². The highest BCUT2D eigenvalue weighted by Crippen LogP contribution is 2.40. The molecular weight excluding hydrogens is 414 g/mol. The fraction of sp³-hybridized carbons (Fsp3) is 0.500. The van der Waals surface area contributed by atoms with Crippen LogP contribution in [-0.2, 0) is 14.8 Å². The fourth-order valence-electron chi connectivity index (χ4n) is 3.92. The number of sulfonamides is 1. The van der Waals surface area contributed by atoms with Crippen LogP contribution in [0.15, 0.2) is 35.4 Å². The molecule has 7 nitrogen and oxygen atoms in total. The Morgan fingerprint density at radius 2 is 1.87 bits per heavy atom. The number of carbonyl (C=O) groups excluding carboxylic acids is 1. The van der Waals surface area contributed by atoms with Crippen LogP contribution in [0.1, 0.15) is 38.6 Å². The molecule has 1 saturated carbocycles. The maximum atomic E-state index is 14.0. The number of hydrogen-bond donors (Lipinski definition) is 1. The third kappa shape index (κ3) is 4.11. The maximum absolute atomic E-state index is 14.0. The second-order valence-corrected chi connectivity index (χ2v) is 9.89. The second-order valence-electron chi connectivity index (χ2n) is 7.98. The molecule has 0 spiro atoms. The van der Waals surface area contributed by atoms with Crippen molar-refractivity contribution in [3.05, 3.63) is 42.1 Å². The van der Waals surface area contributed by atoms with E-state index in [-0.39, 0.29) is 31.0 Å². The number of nitrogens with zero attached hydrogens (tertiary/aromatic N) is 3. The summed E-state index contributed by atoms with van der Waals surface area (Å²) in [5, 5.41) is 7.23. The molecule has 2 fully saturated rings. The molecule has 0 radical (unpaired) electrons. The smallest absolute Gasteiger partial charge is 0.246 e. The number of hydrogen-bond acceptors (Lipinski definition) is 4. The molecule has 1 aliphatic heterocycles. The van der Waals surface area contributed by atoms with E-state index in [0.29, 0.717) is 30.6 Å². The van der Waals surface area contributed by atoms with Gasteiger partial charge in [-0.15, -0.1) is 0 Å². The van der Waals surface area contributed by atoms with Crippen molar-refractivity contribution in [2.75, 3.05) is 18.4 Å². The zero-order chi connectivity index (χ0) is 21.5. The predicted octanol–water partition coefficient (Wildman–Crippen LogP) is 3.17. The second kappa shape index (κ2) is 8.07. The highest BCUT2D eigenvalue weighted by Gasteiger charge is 2.35. The van der Waals surface area contributed by atoms with E-state index in [9.17, 15) is 22.0 Å². The van der Waals surface area contributed by atoms with Crippen molar-refractivity contribution in [1.29, 1.82) is 0 Å². The maximum Gasteiger partial charge on any atom is 0.246 e. The minimum Gasteiger partial charge on any atom is -0.311 e. The third-order valence-corrected chi connectivity index (χ3v) is 7.86. The summed E-state index contributed by atoms with van der Waals surface area (Å²) < 4.78 is 55.7. The van der Waals surface area contributed by atoms with E-state index in [1.54, 1.807) is 12.3 Å². The summed E-state index contributed by atoms with van der Waals surface area (Å²) in [6, 6.07) is 4.33. The first-order valence-corrected chi connectivity index (χ1v) is 11.5. The predicted molar refractivity (Wildman–Crippen MR) is 106 cm³/mol. The summed E-state index contributed by atoms with van der Waals surface area (Å²) in [5.74, 6) is -1.15. The first-order chi connectivity index (χ1) is 14.3. The summed E-state index contributed by atoms with van der Waals surface area (Å²) in [5.41, 5.74) is 0. The Hall–Kier alpha value is -2.33. The minimum absolute atomic E-state index is 0.0636. The van der Waals surface area contributed by atoms with Crippen molar-refractivity contribution in [3.8, 4) is 0 Å². The summed E-state index contributed by atoms with van der Waals surface area (Å²) in [7, 11) is -4.16. The van der Waals surface area contributed by atoms with Crippen LogP contribution in [0.5, 0.6) is 0 Å². The van der Waals surface area contributed by atoms with Gasteiger partial charge >= 0.3 is 0 Å². The minimum atomic E-state index is -4.16. The summed E-state index contributed by atoms with van der Waals surface area (Å²) in [6.45, 7) is 2.21. The van der Waals surface area contributed by atoms with Crippen LogP contribution in [0.3, 0.4) is 0 Å². The average molecular weight is 439 g/mol. The molecule has 10 heteroatoms. The van der Waals surface area contributed by atoms with E-state index < -0.39 is 26.6 Å². The Labute approximate surface area is 174 Å². The van der Waals surface area contributed by atoms with E-state index in [2.05, 4.69) is 17.3 Å². The Bertz CT molecular complexity index is 1040. The molecule has 1 amide bonds. The van der Waals surface area contributed by atoms with Crippen molar-refractivity contribution in [2.24, 2.45) is 11.8 Å². The monoisotopic (exact) mass is 438 g/mol. The van der Waals surface area contributed by atoms with Crippen LogP contribution in [0.4, 0.5) is 14.6 Å². The molecule has 2 aromatic rings. The molecule has 0 bridgehead atoms. The van der Waals surface area contributed by atoms with Crippen LogP contribution in [0, 0.1) is 23.5 Å². The van der Waals surface area contributed by atoms with E-state index in [1.807, 2.05) is 4.68 Å². The SMILES string of the molecule is CC(C1CC1)n1nccc1NC(=O)C1CCN(S(=O)(=O)c2cc(F)ccc2F)CC1. The lowest BCUT2D eigenvalue weighted by Crippen LogP contribution is -2.41. The van der Waals surface area contributed by atoms with Gasteiger partial charge in [0.25, 0.3) is 0 Å². The van der Waals surface area contributed by atoms with Gasteiger partial charge in [0, 0.05) is 25.1 Å². The number of benzene rings is 1. The lowest BCUT2D eigenvalue weighted by molar-refractivity contribution is -0.121. The molecule has 1 aromatic heterocycles. The third-order valence-electron chi connectivity index (χ3n) is 5.95. The number of nitrogens with one attached hydrogen (secondary N) is 1. The van der Waals surface area contributed by atoms with E-state index in [1.165, 1.54) is 0 Å². The van der Waals surface area contributed by atoms with Crippen LogP contribution in [0.2, 0.25) is 0 Å². The summed E-state index contributed by atoms with van der Waals surface area (Å²) in [6.07, 6.45) is 4.57. The molecule has 1 unspecified atom stereocenters. The van der Waals surface area contributed by atoms with Crippen molar-refractivity contribution in [1.82, 2.24) is 14.1 Å². The van der Waals surface area contributed by atoms with Gasteiger partial charge in [0.2, 0.25) is 15.9 Å². The molecule has 162 valence electrons. The number of anilines is 1. The first-order valence-electron chi connectivity index (χ1n) is 10.1. The lowest BCUT2D eigenvalue weighted by Gasteiger charge is -2.30. The highest BCUT2D eigenvalue weighted by atomic mass is 32.2. The Kier molecular flexibility index (Phi) is 5.63. The molecule has 1 aromatic carbocycles. The van der Waals surface area contributed by atoms with Crippen LogP contribution >= 0.6 is 0 Å². The van der Waals surface area contributed by atoms with Gasteiger partial charge in [-0.05, 0) is 56.7 Å². The molecular formula is C20H24F2N4O3S. The highest BCUT2D eigenvalue weighted by molar-refractivity contribution is 7.89. The van der Waals surface area contributed by atoms with Crippen LogP contribution in [0.25, 0.3) is 0 Å². The number of piperidine rings is 1. The molecule has 2 heterocycles. The van der Waals surface area contributed by atoms with Gasteiger partial charge in [0.05, 0.1) is 12.2 Å². The fourth-order valence-corrected chi connectivity index (χ4v) is 5.46.